The maximum absolute atomic E-state index is 11.8. The van der Waals surface area contributed by atoms with Crippen LogP contribution in [-0.2, 0) is 6.54 Å². The van der Waals surface area contributed by atoms with Crippen molar-refractivity contribution in [2.45, 2.75) is 33.2 Å². The summed E-state index contributed by atoms with van der Waals surface area (Å²) in [6.45, 7) is 4.17. The first-order valence-electron chi connectivity index (χ1n) is 7.24. The molecule has 0 aliphatic rings. The number of carbonyl (C=O) groups is 2. The minimum atomic E-state index is -1.11. The highest BCUT2D eigenvalue weighted by molar-refractivity contribution is 6.05. The Hall–Kier alpha value is -2.56. The van der Waals surface area contributed by atoms with Crippen LogP contribution in [0.5, 0.6) is 0 Å². The molecule has 0 unspecified atom stereocenters. The molecule has 116 valence electrons. The van der Waals surface area contributed by atoms with Gasteiger partial charge in [-0.3, -0.25) is 0 Å². The van der Waals surface area contributed by atoms with E-state index < -0.39 is 11.9 Å². The van der Waals surface area contributed by atoms with E-state index in [1.807, 2.05) is 13.0 Å². The Morgan fingerprint density at radius 2 is 1.73 bits per heavy atom. The van der Waals surface area contributed by atoms with E-state index >= 15 is 0 Å². The van der Waals surface area contributed by atoms with Crippen molar-refractivity contribution in [2.24, 2.45) is 0 Å². The molecule has 0 aliphatic heterocycles. The monoisotopic (exact) mass is 301 g/mol. The summed E-state index contributed by atoms with van der Waals surface area (Å²) in [5.41, 5.74) is 1.50. The molecule has 1 aromatic carbocycles. The molecule has 5 heteroatoms. The average molecular weight is 301 g/mol. The molecule has 0 saturated heterocycles. The maximum atomic E-state index is 11.8. The van der Waals surface area contributed by atoms with Gasteiger partial charge in [-0.05, 0) is 18.9 Å². The first kappa shape index (κ1) is 15.8. The number of aromatic nitrogens is 1. The summed E-state index contributed by atoms with van der Waals surface area (Å²) in [6.07, 6.45) is 1.70. The van der Waals surface area contributed by atoms with Gasteiger partial charge in [0.2, 0.25) is 0 Å². The minimum Gasteiger partial charge on any atom is -0.478 e. The lowest BCUT2D eigenvalue weighted by atomic mass is 10.0. The Kier molecular flexibility index (Phi) is 4.65. The molecule has 0 saturated carbocycles. The number of benzene rings is 1. The molecule has 0 atom stereocenters. The summed E-state index contributed by atoms with van der Waals surface area (Å²) in [5, 5.41) is 19.2. The lowest BCUT2D eigenvalue weighted by molar-refractivity contribution is 0.0681. The third-order valence-electron chi connectivity index (χ3n) is 3.74. The van der Waals surface area contributed by atoms with Crippen molar-refractivity contribution in [1.82, 2.24) is 4.57 Å². The SMILES string of the molecule is CCCCn1c(C)c(C(=O)O)c(-c2ccccc2)c1C(=O)O. The number of nitrogens with zero attached hydrogens (tertiary/aromatic N) is 1. The van der Waals surface area contributed by atoms with Gasteiger partial charge >= 0.3 is 11.9 Å². The van der Waals surface area contributed by atoms with Crippen LogP contribution in [0.15, 0.2) is 30.3 Å². The predicted molar refractivity (Wildman–Crippen MR) is 83.4 cm³/mol. The number of carboxylic acids is 2. The number of hydrogen-bond acceptors (Lipinski definition) is 2. The van der Waals surface area contributed by atoms with Crippen LogP contribution in [-0.4, -0.2) is 26.7 Å². The Balaban J connectivity index is 2.79. The smallest absolute Gasteiger partial charge is 0.353 e. The van der Waals surface area contributed by atoms with E-state index in [0.29, 0.717) is 17.8 Å². The molecule has 22 heavy (non-hydrogen) atoms. The topological polar surface area (TPSA) is 79.5 Å². The highest BCUT2D eigenvalue weighted by Gasteiger charge is 2.29. The van der Waals surface area contributed by atoms with Crippen molar-refractivity contribution in [3.05, 3.63) is 47.3 Å². The van der Waals surface area contributed by atoms with E-state index in [0.717, 1.165) is 12.8 Å². The highest BCUT2D eigenvalue weighted by atomic mass is 16.4. The van der Waals surface area contributed by atoms with Crippen LogP contribution >= 0.6 is 0 Å². The van der Waals surface area contributed by atoms with Gasteiger partial charge in [0.25, 0.3) is 0 Å². The van der Waals surface area contributed by atoms with E-state index in [1.54, 1.807) is 35.8 Å². The van der Waals surface area contributed by atoms with Crippen LogP contribution < -0.4 is 0 Å². The maximum Gasteiger partial charge on any atom is 0.353 e. The van der Waals surface area contributed by atoms with Gasteiger partial charge in [0.05, 0.1) is 5.56 Å². The predicted octanol–water partition coefficient (Wildman–Crippen LogP) is 3.66. The van der Waals surface area contributed by atoms with Crippen molar-refractivity contribution in [1.29, 1.82) is 0 Å². The molecule has 1 aromatic heterocycles. The Labute approximate surface area is 128 Å². The second-order valence-electron chi connectivity index (χ2n) is 5.17. The Bertz CT molecular complexity index is 701. The molecule has 0 aliphatic carbocycles. The second-order valence-corrected chi connectivity index (χ2v) is 5.17. The first-order valence-corrected chi connectivity index (χ1v) is 7.24. The molecule has 0 spiro atoms. The zero-order valence-electron chi connectivity index (χ0n) is 12.7. The molecule has 2 N–H and O–H groups in total. The molecule has 0 bridgehead atoms. The zero-order chi connectivity index (χ0) is 16.3. The fourth-order valence-electron chi connectivity index (χ4n) is 2.70. The van der Waals surface area contributed by atoms with Crippen LogP contribution in [0.25, 0.3) is 11.1 Å². The van der Waals surface area contributed by atoms with Crippen LogP contribution in [0.1, 0.15) is 46.3 Å². The number of hydrogen-bond donors (Lipinski definition) is 2. The normalized spacial score (nSPS) is 10.6. The first-order chi connectivity index (χ1) is 10.5. The third kappa shape index (κ3) is 2.74. The van der Waals surface area contributed by atoms with Gasteiger partial charge in [-0.15, -0.1) is 0 Å². The molecular formula is C17H19NO4. The van der Waals surface area contributed by atoms with Gasteiger partial charge in [0.15, 0.2) is 0 Å². The van der Waals surface area contributed by atoms with Crippen LogP contribution in [0.4, 0.5) is 0 Å². The van der Waals surface area contributed by atoms with Gasteiger partial charge in [-0.25, -0.2) is 9.59 Å². The van der Waals surface area contributed by atoms with E-state index in [-0.39, 0.29) is 16.8 Å². The molecular weight excluding hydrogens is 282 g/mol. The molecule has 0 fully saturated rings. The minimum absolute atomic E-state index is 0.0505. The van der Waals surface area contributed by atoms with Crippen LogP contribution in [0, 0.1) is 6.92 Å². The Morgan fingerprint density at radius 1 is 1.09 bits per heavy atom. The molecule has 1 heterocycles. The van der Waals surface area contributed by atoms with Crippen LogP contribution in [0.3, 0.4) is 0 Å². The number of rotatable bonds is 6. The molecule has 0 amide bonds. The summed E-state index contributed by atoms with van der Waals surface area (Å²) in [4.78, 5) is 23.4. The van der Waals surface area contributed by atoms with Gasteiger partial charge in [-0.2, -0.15) is 0 Å². The summed E-state index contributed by atoms with van der Waals surface area (Å²) in [6, 6.07) is 8.82. The van der Waals surface area contributed by atoms with E-state index in [2.05, 4.69) is 0 Å². The largest absolute Gasteiger partial charge is 0.478 e. The van der Waals surface area contributed by atoms with Crippen molar-refractivity contribution < 1.29 is 19.8 Å². The average Bonchev–Trinajstić information content (AvgIpc) is 2.79. The lowest BCUT2D eigenvalue weighted by Crippen LogP contribution is -2.11. The van der Waals surface area contributed by atoms with E-state index in [4.69, 9.17) is 0 Å². The van der Waals surface area contributed by atoms with E-state index in [1.165, 1.54) is 0 Å². The van der Waals surface area contributed by atoms with Crippen LogP contribution in [0.2, 0.25) is 0 Å². The second kappa shape index (κ2) is 6.47. The molecule has 0 radical (unpaired) electrons. The fraction of sp³-hybridized carbons (Fsp3) is 0.294. The summed E-state index contributed by atoms with van der Waals surface area (Å²) in [5.74, 6) is -2.21. The summed E-state index contributed by atoms with van der Waals surface area (Å²) in [7, 11) is 0. The molecule has 5 nitrogen and oxygen atoms in total. The van der Waals surface area contributed by atoms with Gasteiger partial charge in [0, 0.05) is 17.8 Å². The Morgan fingerprint density at radius 3 is 2.23 bits per heavy atom. The van der Waals surface area contributed by atoms with Gasteiger partial charge in [-0.1, -0.05) is 43.7 Å². The third-order valence-corrected chi connectivity index (χ3v) is 3.74. The van der Waals surface area contributed by atoms with Gasteiger partial charge < -0.3 is 14.8 Å². The van der Waals surface area contributed by atoms with E-state index in [9.17, 15) is 19.8 Å². The van der Waals surface area contributed by atoms with Crippen molar-refractivity contribution in [2.75, 3.05) is 0 Å². The number of aromatic carboxylic acids is 2. The number of carboxylic acid groups (broad SMARTS) is 2. The lowest BCUT2D eigenvalue weighted by Gasteiger charge is -2.09. The standard InChI is InChI=1S/C17H19NO4/c1-3-4-10-18-11(2)13(16(19)20)14(15(18)17(21)22)12-8-6-5-7-9-12/h5-9H,3-4,10H2,1-2H3,(H,19,20)(H,21,22). The molecule has 2 aromatic rings. The van der Waals surface area contributed by atoms with Crippen molar-refractivity contribution >= 4 is 11.9 Å². The summed E-state index contributed by atoms with van der Waals surface area (Å²) >= 11 is 0. The zero-order valence-corrected chi connectivity index (χ0v) is 12.7. The van der Waals surface area contributed by atoms with Crippen molar-refractivity contribution in [3.63, 3.8) is 0 Å². The fourth-order valence-corrected chi connectivity index (χ4v) is 2.70. The van der Waals surface area contributed by atoms with Crippen molar-refractivity contribution in [3.8, 4) is 11.1 Å². The highest BCUT2D eigenvalue weighted by Crippen LogP contribution is 2.33. The number of unbranched alkanes of at least 4 members (excludes halogenated alkanes) is 1. The van der Waals surface area contributed by atoms with Gasteiger partial charge in [0.1, 0.15) is 5.69 Å². The summed E-state index contributed by atoms with van der Waals surface area (Å²) < 4.78 is 1.61. The molecule has 2 rings (SSSR count). The quantitative estimate of drug-likeness (QED) is 0.853.